The van der Waals surface area contributed by atoms with E-state index in [0.717, 1.165) is 0 Å². The van der Waals surface area contributed by atoms with Crippen LogP contribution in [-0.2, 0) is 14.3 Å². The summed E-state index contributed by atoms with van der Waals surface area (Å²) in [5.41, 5.74) is 0. The van der Waals surface area contributed by atoms with E-state index in [1.54, 1.807) is 6.92 Å². The molecule has 0 spiro atoms. The van der Waals surface area contributed by atoms with Gasteiger partial charge < -0.3 is 4.18 Å². The smallest absolute Gasteiger partial charge is 0.312 e. The molecular weight excluding hydrogens is 154 g/mol. The summed E-state index contributed by atoms with van der Waals surface area (Å²) in [6, 6.07) is -0.168. The van der Waals surface area contributed by atoms with Crippen LogP contribution < -0.4 is 0 Å². The standard InChI is InChI=1S/C5H9NO3S/c1-4-3-10(7,8)9-5(2)6-4/h4H,3H2,1-2H3. The first-order valence-corrected chi connectivity index (χ1v) is 4.54. The molecule has 0 saturated carbocycles. The second-order valence-electron chi connectivity index (χ2n) is 2.30. The average Bonchev–Trinajstić information content (AvgIpc) is 1.54. The third-order valence-electron chi connectivity index (χ3n) is 1.10. The molecular formula is C5H9NO3S. The second kappa shape index (κ2) is 2.23. The van der Waals surface area contributed by atoms with Crippen molar-refractivity contribution in [2.45, 2.75) is 19.9 Å². The number of aliphatic imine (C=N–C) groups is 1. The molecule has 0 saturated heterocycles. The van der Waals surface area contributed by atoms with Crippen molar-refractivity contribution < 1.29 is 12.6 Å². The topological polar surface area (TPSA) is 55.7 Å². The minimum atomic E-state index is -3.31. The highest BCUT2D eigenvalue weighted by molar-refractivity contribution is 7.87. The third-order valence-corrected chi connectivity index (χ3v) is 2.48. The molecule has 0 amide bonds. The van der Waals surface area contributed by atoms with Crippen LogP contribution in [0.3, 0.4) is 0 Å². The van der Waals surface area contributed by atoms with Gasteiger partial charge in [-0.3, -0.25) is 4.99 Å². The van der Waals surface area contributed by atoms with Gasteiger partial charge in [0.2, 0.25) is 5.90 Å². The summed E-state index contributed by atoms with van der Waals surface area (Å²) in [4.78, 5) is 3.89. The molecule has 0 radical (unpaired) electrons. The molecule has 5 heteroatoms. The van der Waals surface area contributed by atoms with Crippen molar-refractivity contribution in [1.29, 1.82) is 0 Å². The van der Waals surface area contributed by atoms with Crippen LogP contribution in [0.25, 0.3) is 0 Å². The van der Waals surface area contributed by atoms with Crippen molar-refractivity contribution in [2.75, 3.05) is 5.75 Å². The molecule has 1 unspecified atom stereocenters. The van der Waals surface area contributed by atoms with E-state index in [2.05, 4.69) is 9.18 Å². The summed E-state index contributed by atoms with van der Waals surface area (Å²) in [7, 11) is -3.31. The van der Waals surface area contributed by atoms with Crippen molar-refractivity contribution in [3.05, 3.63) is 0 Å². The molecule has 1 aliphatic heterocycles. The Hall–Kier alpha value is -0.580. The Kier molecular flexibility index (Phi) is 1.68. The van der Waals surface area contributed by atoms with E-state index in [1.165, 1.54) is 6.92 Å². The second-order valence-corrected chi connectivity index (χ2v) is 3.92. The van der Waals surface area contributed by atoms with Gasteiger partial charge in [0.1, 0.15) is 5.75 Å². The molecule has 1 atom stereocenters. The summed E-state index contributed by atoms with van der Waals surface area (Å²) in [5.74, 6) is 0.225. The normalized spacial score (nSPS) is 30.6. The number of nitrogens with zero attached hydrogens (tertiary/aromatic N) is 1. The molecule has 0 aromatic heterocycles. The lowest BCUT2D eigenvalue weighted by Crippen LogP contribution is -2.27. The first-order chi connectivity index (χ1) is 4.49. The van der Waals surface area contributed by atoms with Crippen LogP contribution in [0.2, 0.25) is 0 Å². The van der Waals surface area contributed by atoms with Crippen LogP contribution in [0.1, 0.15) is 13.8 Å². The largest absolute Gasteiger partial charge is 0.367 e. The van der Waals surface area contributed by atoms with Crippen LogP contribution in [0.4, 0.5) is 0 Å². The SMILES string of the molecule is CC1=NC(C)CS(=O)(=O)O1. The summed E-state index contributed by atoms with van der Waals surface area (Å²) >= 11 is 0. The van der Waals surface area contributed by atoms with Gasteiger partial charge in [0.15, 0.2) is 0 Å². The molecule has 0 bridgehead atoms. The van der Waals surface area contributed by atoms with Gasteiger partial charge in [-0.05, 0) is 6.92 Å². The van der Waals surface area contributed by atoms with Crippen LogP contribution in [0, 0.1) is 0 Å². The van der Waals surface area contributed by atoms with E-state index in [-0.39, 0.29) is 17.7 Å². The fourth-order valence-corrected chi connectivity index (χ4v) is 2.03. The highest BCUT2D eigenvalue weighted by Crippen LogP contribution is 2.07. The van der Waals surface area contributed by atoms with Crippen molar-refractivity contribution in [3.63, 3.8) is 0 Å². The zero-order chi connectivity index (χ0) is 7.78. The lowest BCUT2D eigenvalue weighted by Gasteiger charge is -2.14. The molecule has 0 fully saturated rings. The molecule has 58 valence electrons. The van der Waals surface area contributed by atoms with E-state index in [9.17, 15) is 8.42 Å². The first-order valence-electron chi connectivity index (χ1n) is 2.96. The zero-order valence-electron chi connectivity index (χ0n) is 5.86. The minimum Gasteiger partial charge on any atom is -0.367 e. The Morgan fingerprint density at radius 2 is 2.30 bits per heavy atom. The van der Waals surface area contributed by atoms with Crippen LogP contribution in [0.15, 0.2) is 4.99 Å². The van der Waals surface area contributed by atoms with Gasteiger partial charge in [-0.15, -0.1) is 0 Å². The summed E-state index contributed by atoms with van der Waals surface area (Å²) in [5, 5.41) is 0. The Morgan fingerprint density at radius 1 is 1.70 bits per heavy atom. The molecule has 0 N–H and O–H groups in total. The predicted octanol–water partition coefficient (Wildman–Crippen LogP) is 0.153. The Morgan fingerprint density at radius 3 is 2.70 bits per heavy atom. The fourth-order valence-electron chi connectivity index (χ4n) is 0.882. The van der Waals surface area contributed by atoms with Gasteiger partial charge in [0.05, 0.1) is 6.04 Å². The monoisotopic (exact) mass is 163 g/mol. The summed E-state index contributed by atoms with van der Waals surface area (Å²) in [6.07, 6.45) is 0. The predicted molar refractivity (Wildman–Crippen MR) is 37.4 cm³/mol. The minimum absolute atomic E-state index is 0.00958. The molecule has 4 nitrogen and oxygen atoms in total. The van der Waals surface area contributed by atoms with Crippen LogP contribution in [0.5, 0.6) is 0 Å². The molecule has 0 aromatic rings. The highest BCUT2D eigenvalue weighted by atomic mass is 32.2. The van der Waals surface area contributed by atoms with Crippen LogP contribution >= 0.6 is 0 Å². The quantitative estimate of drug-likeness (QED) is 0.478. The lowest BCUT2D eigenvalue weighted by atomic mass is 10.4. The van der Waals surface area contributed by atoms with E-state index in [4.69, 9.17) is 0 Å². The molecule has 1 rings (SSSR count). The zero-order valence-corrected chi connectivity index (χ0v) is 6.68. The Bertz CT molecular complexity index is 254. The Labute approximate surface area is 60.0 Å². The lowest BCUT2D eigenvalue weighted by molar-refractivity contribution is 0.459. The maximum atomic E-state index is 10.8. The maximum absolute atomic E-state index is 10.8. The van der Waals surface area contributed by atoms with E-state index in [0.29, 0.717) is 0 Å². The molecule has 1 aliphatic rings. The number of hydrogen-bond donors (Lipinski definition) is 0. The van der Waals surface area contributed by atoms with Gasteiger partial charge in [-0.25, -0.2) is 0 Å². The van der Waals surface area contributed by atoms with Gasteiger partial charge in [0.25, 0.3) is 0 Å². The van der Waals surface area contributed by atoms with E-state index >= 15 is 0 Å². The molecule has 0 aromatic carbocycles. The summed E-state index contributed by atoms with van der Waals surface area (Å²) < 4.78 is 26.0. The van der Waals surface area contributed by atoms with E-state index < -0.39 is 10.1 Å². The first kappa shape index (κ1) is 7.53. The molecule has 0 aliphatic carbocycles. The average molecular weight is 163 g/mol. The van der Waals surface area contributed by atoms with Gasteiger partial charge in [-0.1, -0.05) is 0 Å². The maximum Gasteiger partial charge on any atom is 0.312 e. The number of hydrogen-bond acceptors (Lipinski definition) is 4. The molecule has 1 heterocycles. The third kappa shape index (κ3) is 1.70. The van der Waals surface area contributed by atoms with Crippen LogP contribution in [-0.4, -0.2) is 26.1 Å². The molecule has 10 heavy (non-hydrogen) atoms. The van der Waals surface area contributed by atoms with Crippen molar-refractivity contribution in [2.24, 2.45) is 4.99 Å². The Balaban J connectivity index is 2.91. The highest BCUT2D eigenvalue weighted by Gasteiger charge is 2.22. The van der Waals surface area contributed by atoms with Gasteiger partial charge >= 0.3 is 10.1 Å². The van der Waals surface area contributed by atoms with Crippen molar-refractivity contribution >= 4 is 16.0 Å². The van der Waals surface area contributed by atoms with Gasteiger partial charge in [0, 0.05) is 6.92 Å². The summed E-state index contributed by atoms with van der Waals surface area (Å²) in [6.45, 7) is 3.27. The van der Waals surface area contributed by atoms with Crippen molar-refractivity contribution in [1.82, 2.24) is 0 Å². The van der Waals surface area contributed by atoms with Gasteiger partial charge in [-0.2, -0.15) is 8.42 Å². The van der Waals surface area contributed by atoms with E-state index in [1.807, 2.05) is 0 Å². The number of rotatable bonds is 0. The fraction of sp³-hybridized carbons (Fsp3) is 0.800. The van der Waals surface area contributed by atoms with Crippen molar-refractivity contribution in [3.8, 4) is 0 Å².